The van der Waals surface area contributed by atoms with Crippen LogP contribution in [0.4, 0.5) is 0 Å². The average molecular weight is 198 g/mol. The van der Waals surface area contributed by atoms with Crippen LogP contribution in [0.5, 0.6) is 0 Å². The highest BCUT2D eigenvalue weighted by Crippen LogP contribution is 2.14. The summed E-state index contributed by atoms with van der Waals surface area (Å²) in [6, 6.07) is 0. The molecule has 0 saturated heterocycles. The van der Waals surface area contributed by atoms with Crippen molar-refractivity contribution >= 4 is 5.90 Å². The Morgan fingerprint density at radius 1 is 1.36 bits per heavy atom. The quantitative estimate of drug-likeness (QED) is 0.424. The van der Waals surface area contributed by atoms with Crippen LogP contribution in [0.15, 0.2) is 29.2 Å². The van der Waals surface area contributed by atoms with Gasteiger partial charge in [-0.1, -0.05) is 20.4 Å². The molecule has 0 aliphatic heterocycles. The maximum atomic E-state index is 5.64. The molecule has 0 aromatic heterocycles. The molecule has 0 bridgehead atoms. The van der Waals surface area contributed by atoms with Gasteiger partial charge >= 0.3 is 0 Å². The van der Waals surface area contributed by atoms with Gasteiger partial charge in [-0.25, -0.2) is 4.99 Å². The van der Waals surface area contributed by atoms with E-state index >= 15 is 0 Å². The van der Waals surface area contributed by atoms with E-state index in [1.54, 1.807) is 0 Å². The van der Waals surface area contributed by atoms with E-state index < -0.39 is 0 Å². The summed E-state index contributed by atoms with van der Waals surface area (Å²) in [6.45, 7) is 7.52. The fourth-order valence-corrected chi connectivity index (χ4v) is 0.867. The van der Waals surface area contributed by atoms with Crippen LogP contribution in [0.25, 0.3) is 0 Å². The lowest BCUT2D eigenvalue weighted by molar-refractivity contribution is 0.277. The van der Waals surface area contributed by atoms with Crippen LogP contribution >= 0.6 is 0 Å². The fourth-order valence-electron chi connectivity index (χ4n) is 0.867. The van der Waals surface area contributed by atoms with Gasteiger partial charge in [0.2, 0.25) is 11.8 Å². The minimum atomic E-state index is 0.167. The minimum Gasteiger partial charge on any atom is -0.481 e. The molecule has 0 spiro atoms. The molecule has 0 amide bonds. The van der Waals surface area contributed by atoms with E-state index in [0.29, 0.717) is 17.5 Å². The summed E-state index contributed by atoms with van der Waals surface area (Å²) in [5.41, 5.74) is 6.29. The number of nitrogens with two attached hydrogens (primary N) is 1. The molecule has 0 saturated carbocycles. The van der Waals surface area contributed by atoms with Crippen LogP contribution in [0.2, 0.25) is 0 Å². The second-order valence-corrected chi connectivity index (χ2v) is 2.97. The molecule has 4 heteroatoms. The zero-order chi connectivity index (χ0) is 11.1. The number of rotatable bonds is 4. The molecule has 0 heterocycles. The van der Waals surface area contributed by atoms with Gasteiger partial charge in [0.1, 0.15) is 5.70 Å². The summed E-state index contributed by atoms with van der Waals surface area (Å²) in [5.74, 6) is 0.894. The molecule has 0 aliphatic carbocycles. The molecule has 2 N–H and O–H groups in total. The summed E-state index contributed by atoms with van der Waals surface area (Å²) < 4.78 is 9.89. The molecule has 4 nitrogen and oxygen atoms in total. The van der Waals surface area contributed by atoms with E-state index in [0.717, 1.165) is 0 Å². The van der Waals surface area contributed by atoms with Crippen molar-refractivity contribution in [1.82, 2.24) is 0 Å². The van der Waals surface area contributed by atoms with E-state index in [2.05, 4.69) is 11.6 Å². The van der Waals surface area contributed by atoms with Gasteiger partial charge in [-0.15, -0.1) is 0 Å². The fraction of sp³-hybridized carbons (Fsp3) is 0.500. The van der Waals surface area contributed by atoms with Gasteiger partial charge in [0.05, 0.1) is 14.2 Å². The Hall–Kier alpha value is -1.45. The van der Waals surface area contributed by atoms with Crippen LogP contribution in [0, 0.1) is 5.92 Å². The molecule has 0 radical (unpaired) electrons. The van der Waals surface area contributed by atoms with Gasteiger partial charge in [-0.3, -0.25) is 0 Å². The molecule has 80 valence electrons. The Balaban J connectivity index is 5.04. The summed E-state index contributed by atoms with van der Waals surface area (Å²) in [4.78, 5) is 4.19. The van der Waals surface area contributed by atoms with Crippen molar-refractivity contribution in [2.45, 2.75) is 13.8 Å². The Morgan fingerprint density at radius 2 is 1.93 bits per heavy atom. The van der Waals surface area contributed by atoms with Crippen LogP contribution in [0.3, 0.4) is 0 Å². The molecule has 0 aromatic carbocycles. The van der Waals surface area contributed by atoms with Crippen LogP contribution in [-0.2, 0) is 9.47 Å². The second-order valence-electron chi connectivity index (χ2n) is 2.97. The lowest BCUT2D eigenvalue weighted by Crippen LogP contribution is -2.09. The topological polar surface area (TPSA) is 56.8 Å². The first-order valence-corrected chi connectivity index (χ1v) is 4.35. The Kier molecular flexibility index (Phi) is 5.44. The third kappa shape index (κ3) is 3.51. The molecule has 0 aromatic rings. The average Bonchev–Trinajstić information content (AvgIpc) is 2.18. The maximum absolute atomic E-state index is 5.64. The minimum absolute atomic E-state index is 0.167. The Labute approximate surface area is 85.1 Å². The first-order valence-electron chi connectivity index (χ1n) is 4.35. The van der Waals surface area contributed by atoms with Crippen molar-refractivity contribution < 1.29 is 9.47 Å². The van der Waals surface area contributed by atoms with E-state index in [9.17, 15) is 0 Å². The number of allylic oxidation sites excluding steroid dienone is 1. The monoisotopic (exact) mass is 198 g/mol. The first-order chi connectivity index (χ1) is 6.56. The zero-order valence-electron chi connectivity index (χ0n) is 9.20. The largest absolute Gasteiger partial charge is 0.481 e. The third-order valence-corrected chi connectivity index (χ3v) is 1.63. The molecular formula is C10H18N2O2. The molecule has 0 rings (SSSR count). The van der Waals surface area contributed by atoms with E-state index in [1.165, 1.54) is 20.3 Å². The van der Waals surface area contributed by atoms with E-state index in [4.69, 9.17) is 15.2 Å². The van der Waals surface area contributed by atoms with Crippen molar-refractivity contribution in [1.29, 1.82) is 0 Å². The number of hydrogen-bond donors (Lipinski definition) is 1. The highest BCUT2D eigenvalue weighted by atomic mass is 16.5. The Morgan fingerprint density at radius 3 is 2.21 bits per heavy atom. The normalized spacial score (nSPS) is 13.6. The SMILES string of the molecule is C=CC(=N/C(=C(\N)OC)C(C)C)OC. The molecule has 0 aliphatic rings. The summed E-state index contributed by atoms with van der Waals surface area (Å²) in [5, 5.41) is 0. The van der Waals surface area contributed by atoms with Gasteiger partial charge in [0.15, 0.2) is 0 Å². The van der Waals surface area contributed by atoms with E-state index in [-0.39, 0.29) is 5.92 Å². The Bertz CT molecular complexity index is 255. The number of nitrogens with zero attached hydrogens (tertiary/aromatic N) is 1. The second kappa shape index (κ2) is 6.07. The molecule has 0 unspecified atom stereocenters. The molecule has 14 heavy (non-hydrogen) atoms. The summed E-state index contributed by atoms with van der Waals surface area (Å²) in [7, 11) is 3.04. The highest BCUT2D eigenvalue weighted by Gasteiger charge is 2.09. The maximum Gasteiger partial charge on any atom is 0.212 e. The standard InChI is InChI=1S/C10H18N2O2/c1-6-8(13-4)12-9(7(2)3)10(11)14-5/h6-7H,1,11H2,2-5H3/b10-9+,12-8?. The van der Waals surface area contributed by atoms with Crippen molar-refractivity contribution in [3.63, 3.8) is 0 Å². The van der Waals surface area contributed by atoms with E-state index in [1.807, 2.05) is 13.8 Å². The number of aliphatic imine (C=N–C) groups is 1. The van der Waals surface area contributed by atoms with Gasteiger partial charge in [-0.2, -0.15) is 0 Å². The smallest absolute Gasteiger partial charge is 0.212 e. The number of ether oxygens (including phenoxy) is 2. The molecular weight excluding hydrogens is 180 g/mol. The molecule has 0 atom stereocenters. The number of hydrogen-bond acceptors (Lipinski definition) is 4. The van der Waals surface area contributed by atoms with Gasteiger partial charge in [-0.05, 0) is 6.08 Å². The third-order valence-electron chi connectivity index (χ3n) is 1.63. The van der Waals surface area contributed by atoms with Crippen molar-refractivity contribution in [2.24, 2.45) is 16.6 Å². The van der Waals surface area contributed by atoms with Crippen molar-refractivity contribution in [2.75, 3.05) is 14.2 Å². The van der Waals surface area contributed by atoms with Crippen molar-refractivity contribution in [3.8, 4) is 0 Å². The predicted molar refractivity (Wildman–Crippen MR) is 57.7 cm³/mol. The molecule has 0 fully saturated rings. The van der Waals surface area contributed by atoms with Crippen LogP contribution in [-0.4, -0.2) is 20.1 Å². The zero-order valence-corrected chi connectivity index (χ0v) is 9.20. The summed E-state index contributed by atoms with van der Waals surface area (Å²) >= 11 is 0. The lowest BCUT2D eigenvalue weighted by Gasteiger charge is -2.10. The lowest BCUT2D eigenvalue weighted by atomic mass is 10.1. The predicted octanol–water partition coefficient (Wildman–Crippen LogP) is 1.65. The van der Waals surface area contributed by atoms with Crippen molar-refractivity contribution in [3.05, 3.63) is 24.2 Å². The van der Waals surface area contributed by atoms with Gasteiger partial charge in [0, 0.05) is 5.92 Å². The van der Waals surface area contributed by atoms with Crippen LogP contribution < -0.4 is 5.73 Å². The van der Waals surface area contributed by atoms with Crippen LogP contribution in [0.1, 0.15) is 13.8 Å². The first kappa shape index (κ1) is 12.6. The van der Waals surface area contributed by atoms with Gasteiger partial charge < -0.3 is 15.2 Å². The highest BCUT2D eigenvalue weighted by molar-refractivity contribution is 5.87. The van der Waals surface area contributed by atoms with Gasteiger partial charge in [0.25, 0.3) is 0 Å². The summed E-state index contributed by atoms with van der Waals surface area (Å²) in [6.07, 6.45) is 1.52. The number of methoxy groups -OCH3 is 2.